The van der Waals surface area contributed by atoms with E-state index in [9.17, 15) is 0 Å². The van der Waals surface area contributed by atoms with Crippen molar-refractivity contribution in [1.82, 2.24) is 9.03 Å². The molecule has 4 nitrogen and oxygen atoms in total. The van der Waals surface area contributed by atoms with Crippen LogP contribution >= 0.6 is 0 Å². The van der Waals surface area contributed by atoms with Gasteiger partial charge in [0.25, 0.3) is 0 Å². The maximum Gasteiger partial charge on any atom is 0.153 e. The van der Waals surface area contributed by atoms with Crippen LogP contribution in [0.2, 0.25) is 0 Å². The van der Waals surface area contributed by atoms with Gasteiger partial charge < -0.3 is 8.83 Å². The highest BCUT2D eigenvalue weighted by Gasteiger charge is 2.22. The molecule has 4 aromatic carbocycles. The number of para-hydroxylation sites is 4. The van der Waals surface area contributed by atoms with Crippen molar-refractivity contribution in [2.75, 3.05) is 0 Å². The molecule has 0 N–H and O–H groups in total. The van der Waals surface area contributed by atoms with Crippen molar-refractivity contribution >= 4 is 65.9 Å². The number of aromatic nitrogens is 2. The Morgan fingerprint density at radius 3 is 0.964 bits per heavy atom. The van der Waals surface area contributed by atoms with Gasteiger partial charge in [-0.05, 0) is 24.3 Å². The van der Waals surface area contributed by atoms with E-state index in [2.05, 4.69) is 57.6 Å². The van der Waals surface area contributed by atoms with Crippen molar-refractivity contribution in [2.24, 2.45) is 0 Å². The van der Waals surface area contributed by atoms with Gasteiger partial charge in [-0.3, -0.25) is 0 Å². The lowest BCUT2D eigenvalue weighted by Gasteiger charge is -2.23. The van der Waals surface area contributed by atoms with Gasteiger partial charge in [-0.2, -0.15) is 0 Å². The maximum atomic E-state index is 6.36. The summed E-state index contributed by atoms with van der Waals surface area (Å²) in [6.07, 6.45) is 0. The monoisotopic (exact) mass is 360 g/mol. The molecule has 0 saturated heterocycles. The van der Waals surface area contributed by atoms with Gasteiger partial charge in [0.15, 0.2) is 22.3 Å². The van der Waals surface area contributed by atoms with Gasteiger partial charge in [0, 0.05) is 21.5 Å². The zero-order valence-corrected chi connectivity index (χ0v) is 14.6. The largest absolute Gasteiger partial charge is 0.453 e. The summed E-state index contributed by atoms with van der Waals surface area (Å²) in [5.41, 5.74) is 7.89. The van der Waals surface area contributed by atoms with Crippen LogP contribution in [0.5, 0.6) is 0 Å². The molecule has 4 heteroatoms. The Kier molecular flexibility index (Phi) is 1.97. The first-order chi connectivity index (χ1) is 13.9. The maximum absolute atomic E-state index is 6.36. The average molecular weight is 360 g/mol. The van der Waals surface area contributed by atoms with Crippen LogP contribution < -0.4 is 0 Å². The topological polar surface area (TPSA) is 35.1 Å². The summed E-state index contributed by atoms with van der Waals surface area (Å²) in [6.45, 7) is 0. The molecule has 0 fully saturated rings. The van der Waals surface area contributed by atoms with Crippen LogP contribution in [0.4, 0.5) is 0 Å². The zero-order valence-electron chi connectivity index (χ0n) is 14.6. The second-order valence-electron chi connectivity index (χ2n) is 7.44. The molecule has 0 amide bonds. The van der Waals surface area contributed by atoms with Gasteiger partial charge >= 0.3 is 0 Å². The molecular weight excluding hydrogens is 348 g/mol. The van der Waals surface area contributed by atoms with Gasteiger partial charge in [-0.15, -0.1) is 0 Å². The van der Waals surface area contributed by atoms with Crippen molar-refractivity contribution in [1.29, 1.82) is 0 Å². The number of benzene rings is 4. The second-order valence-corrected chi connectivity index (χ2v) is 7.44. The van der Waals surface area contributed by atoms with Crippen LogP contribution in [-0.2, 0) is 0 Å². The number of rotatable bonds is 0. The van der Waals surface area contributed by atoms with Gasteiger partial charge in [0.05, 0.1) is 0 Å². The molecule has 8 aromatic rings. The summed E-state index contributed by atoms with van der Waals surface area (Å²) in [4.78, 5) is 0. The SMILES string of the molecule is c1cc2oc3cccc4c5cccc6oc7cccc8c(c1)c2n(c34)n(c78)c65. The van der Waals surface area contributed by atoms with Crippen molar-refractivity contribution < 1.29 is 8.83 Å². The zero-order chi connectivity index (χ0) is 18.0. The number of hydrogen-bond acceptors (Lipinski definition) is 2. The van der Waals surface area contributed by atoms with Gasteiger partial charge in [0.1, 0.15) is 22.1 Å². The molecule has 8 rings (SSSR count). The van der Waals surface area contributed by atoms with E-state index in [1.807, 2.05) is 24.3 Å². The lowest BCUT2D eigenvalue weighted by atomic mass is 10.0. The van der Waals surface area contributed by atoms with Gasteiger partial charge in [-0.25, -0.2) is 9.03 Å². The molecule has 4 heterocycles. The van der Waals surface area contributed by atoms with Crippen LogP contribution in [0.3, 0.4) is 0 Å². The molecule has 0 aliphatic carbocycles. The fourth-order valence-corrected chi connectivity index (χ4v) is 5.02. The molecule has 28 heavy (non-hydrogen) atoms. The first kappa shape index (κ1) is 13.3. The summed E-state index contributed by atoms with van der Waals surface area (Å²) in [5.74, 6) is 0. The molecule has 4 aromatic heterocycles. The minimum absolute atomic E-state index is 0.880. The van der Waals surface area contributed by atoms with Crippen LogP contribution in [0.15, 0.2) is 81.6 Å². The molecular formula is C24H12N2O2. The lowest BCUT2D eigenvalue weighted by Crippen LogP contribution is -2.11. The van der Waals surface area contributed by atoms with E-state index in [4.69, 9.17) is 8.83 Å². The minimum atomic E-state index is 0.880. The van der Waals surface area contributed by atoms with E-state index in [-0.39, 0.29) is 0 Å². The van der Waals surface area contributed by atoms with E-state index in [0.717, 1.165) is 65.9 Å². The van der Waals surface area contributed by atoms with Crippen molar-refractivity contribution in [2.45, 2.75) is 0 Å². The summed E-state index contributed by atoms with van der Waals surface area (Å²) in [7, 11) is 0. The summed E-state index contributed by atoms with van der Waals surface area (Å²) >= 11 is 0. The van der Waals surface area contributed by atoms with Crippen LogP contribution in [0, 0.1) is 0 Å². The molecule has 130 valence electrons. The molecule has 0 aliphatic rings. The standard InChI is InChI=1S/C24H12N2O2/c1-5-13-14-6-2-11-19-22(14)26-24-16(8-4-12-20(24)28-19)15-7-3-10-18-23(15)25(26)21(13)17(9-1)27-18/h1-12H. The Balaban J connectivity index is 1.99. The minimum Gasteiger partial charge on any atom is -0.453 e. The first-order valence-corrected chi connectivity index (χ1v) is 9.39. The summed E-state index contributed by atoms with van der Waals surface area (Å²) < 4.78 is 17.4. The molecule has 0 atom stereocenters. The third-order valence-corrected chi connectivity index (χ3v) is 6.06. The highest BCUT2D eigenvalue weighted by molar-refractivity contribution is 6.20. The fourth-order valence-electron chi connectivity index (χ4n) is 5.02. The van der Waals surface area contributed by atoms with Crippen LogP contribution in [0.1, 0.15) is 0 Å². The predicted octanol–water partition coefficient (Wildman–Crippen LogP) is 6.58. The number of nitrogens with zero attached hydrogens (tertiary/aromatic N) is 2. The Bertz CT molecular complexity index is 1610. The number of hydrogen-bond donors (Lipinski definition) is 0. The predicted molar refractivity (Wildman–Crippen MR) is 112 cm³/mol. The Morgan fingerprint density at radius 1 is 0.393 bits per heavy atom. The second kappa shape index (κ2) is 4.15. The van der Waals surface area contributed by atoms with E-state index >= 15 is 0 Å². The summed E-state index contributed by atoms with van der Waals surface area (Å²) in [6, 6.07) is 25.1. The van der Waals surface area contributed by atoms with Crippen LogP contribution in [-0.4, -0.2) is 9.03 Å². The first-order valence-electron chi connectivity index (χ1n) is 9.39. The van der Waals surface area contributed by atoms with E-state index < -0.39 is 0 Å². The number of fused-ring (bicyclic) bond motifs is 2. The fraction of sp³-hybridized carbons (Fsp3) is 0. The van der Waals surface area contributed by atoms with Crippen LogP contribution in [0.25, 0.3) is 65.9 Å². The van der Waals surface area contributed by atoms with E-state index in [1.165, 1.54) is 0 Å². The Labute approximate surface area is 157 Å². The average Bonchev–Trinajstić information content (AvgIpc) is 2.74. The molecule has 0 aliphatic heterocycles. The van der Waals surface area contributed by atoms with E-state index in [0.29, 0.717) is 0 Å². The highest BCUT2D eigenvalue weighted by atomic mass is 16.3. The smallest absolute Gasteiger partial charge is 0.153 e. The summed E-state index contributed by atoms with van der Waals surface area (Å²) in [5, 5.41) is 4.66. The molecule has 0 saturated carbocycles. The van der Waals surface area contributed by atoms with Gasteiger partial charge in [0.2, 0.25) is 0 Å². The molecule has 0 unspecified atom stereocenters. The third-order valence-electron chi connectivity index (χ3n) is 6.06. The lowest BCUT2D eigenvalue weighted by molar-refractivity contribution is 0.639. The molecule has 0 radical (unpaired) electrons. The van der Waals surface area contributed by atoms with Gasteiger partial charge in [-0.1, -0.05) is 48.5 Å². The van der Waals surface area contributed by atoms with Crippen molar-refractivity contribution in [3.05, 3.63) is 72.8 Å². The Morgan fingerprint density at radius 2 is 0.679 bits per heavy atom. The molecule has 0 bridgehead atoms. The van der Waals surface area contributed by atoms with Crippen molar-refractivity contribution in [3.8, 4) is 0 Å². The molecule has 0 spiro atoms. The highest BCUT2D eigenvalue weighted by Crippen LogP contribution is 2.41. The van der Waals surface area contributed by atoms with E-state index in [1.54, 1.807) is 0 Å². The third kappa shape index (κ3) is 1.26. The van der Waals surface area contributed by atoms with Crippen molar-refractivity contribution in [3.63, 3.8) is 0 Å². The Hall–Kier alpha value is -3.92. The quantitative estimate of drug-likeness (QED) is 0.226. The normalized spacial score (nSPS) is 13.0.